The molecule has 0 aliphatic heterocycles. The maximum Gasteiger partial charge on any atom is 0.119 e. The van der Waals surface area contributed by atoms with Crippen molar-refractivity contribution in [1.29, 1.82) is 0 Å². The third-order valence-corrected chi connectivity index (χ3v) is 3.27. The van der Waals surface area contributed by atoms with E-state index in [1.807, 2.05) is 18.2 Å². The van der Waals surface area contributed by atoms with Gasteiger partial charge in [-0.1, -0.05) is 6.92 Å². The molecule has 1 rings (SSSR count). The third-order valence-electron chi connectivity index (χ3n) is 3.27. The number of hydrogen-bond donors (Lipinski definition) is 1. The number of nitrogens with two attached hydrogens (primary N) is 1. The first-order valence-corrected chi connectivity index (χ1v) is 6.86. The van der Waals surface area contributed by atoms with Gasteiger partial charge in [-0.15, -0.1) is 0 Å². The molecule has 0 amide bonds. The van der Waals surface area contributed by atoms with Crippen LogP contribution in [-0.2, 0) is 6.54 Å². The van der Waals surface area contributed by atoms with Crippen molar-refractivity contribution >= 4 is 5.69 Å². The number of ether oxygens (including phenoxy) is 1. The minimum absolute atomic E-state index is 0.840. The summed E-state index contributed by atoms with van der Waals surface area (Å²) in [6.07, 6.45) is 1.17. The predicted molar refractivity (Wildman–Crippen MR) is 81.5 cm³/mol. The Balaban J connectivity index is 2.59. The number of nitrogens with zero attached hydrogens (tertiary/aromatic N) is 2. The van der Waals surface area contributed by atoms with Gasteiger partial charge in [-0.3, -0.25) is 4.90 Å². The first-order valence-electron chi connectivity index (χ1n) is 6.86. The molecule has 0 aromatic heterocycles. The largest absolute Gasteiger partial charge is 0.497 e. The number of nitrogen functional groups attached to an aromatic ring is 1. The lowest BCUT2D eigenvalue weighted by atomic mass is 10.1. The zero-order valence-electron chi connectivity index (χ0n) is 12.6. The average molecular weight is 265 g/mol. The smallest absolute Gasteiger partial charge is 0.119 e. The normalized spacial score (nSPS) is 11.3. The summed E-state index contributed by atoms with van der Waals surface area (Å²) in [5, 5.41) is 0. The van der Waals surface area contributed by atoms with Crippen LogP contribution < -0.4 is 10.5 Å². The van der Waals surface area contributed by atoms with Gasteiger partial charge in [0.15, 0.2) is 0 Å². The topological polar surface area (TPSA) is 41.7 Å². The van der Waals surface area contributed by atoms with Crippen LogP contribution in [0.5, 0.6) is 5.75 Å². The molecule has 19 heavy (non-hydrogen) atoms. The van der Waals surface area contributed by atoms with Gasteiger partial charge in [0.05, 0.1) is 7.11 Å². The highest BCUT2D eigenvalue weighted by atomic mass is 16.5. The van der Waals surface area contributed by atoms with Gasteiger partial charge in [0.1, 0.15) is 5.75 Å². The fourth-order valence-corrected chi connectivity index (χ4v) is 2.05. The van der Waals surface area contributed by atoms with Gasteiger partial charge in [0.2, 0.25) is 0 Å². The summed E-state index contributed by atoms with van der Waals surface area (Å²) in [6, 6.07) is 5.85. The van der Waals surface area contributed by atoms with Crippen LogP contribution in [-0.4, -0.2) is 50.6 Å². The van der Waals surface area contributed by atoms with Crippen LogP contribution in [0.1, 0.15) is 18.9 Å². The van der Waals surface area contributed by atoms with Gasteiger partial charge < -0.3 is 15.4 Å². The van der Waals surface area contributed by atoms with E-state index in [-0.39, 0.29) is 0 Å². The summed E-state index contributed by atoms with van der Waals surface area (Å²) in [7, 11) is 5.90. The molecule has 4 heteroatoms. The van der Waals surface area contributed by atoms with Gasteiger partial charge in [-0.25, -0.2) is 0 Å². The first-order chi connectivity index (χ1) is 9.06. The highest BCUT2D eigenvalue weighted by Crippen LogP contribution is 2.21. The third kappa shape index (κ3) is 5.49. The summed E-state index contributed by atoms with van der Waals surface area (Å²) >= 11 is 0. The van der Waals surface area contributed by atoms with E-state index in [4.69, 9.17) is 10.5 Å². The van der Waals surface area contributed by atoms with Crippen molar-refractivity contribution in [3.8, 4) is 5.75 Å². The molecule has 0 saturated heterocycles. The van der Waals surface area contributed by atoms with E-state index in [0.29, 0.717) is 0 Å². The van der Waals surface area contributed by atoms with E-state index in [2.05, 4.69) is 30.8 Å². The Morgan fingerprint density at radius 2 is 1.95 bits per heavy atom. The molecule has 0 radical (unpaired) electrons. The Morgan fingerprint density at radius 1 is 1.21 bits per heavy atom. The van der Waals surface area contributed by atoms with Crippen molar-refractivity contribution in [2.24, 2.45) is 0 Å². The van der Waals surface area contributed by atoms with E-state index in [0.717, 1.165) is 43.2 Å². The molecule has 0 heterocycles. The molecule has 108 valence electrons. The predicted octanol–water partition coefficient (Wildman–Crippen LogP) is 2.05. The molecule has 0 saturated carbocycles. The number of hydrogen-bond acceptors (Lipinski definition) is 4. The second kappa shape index (κ2) is 8.02. The molecule has 0 atom stereocenters. The van der Waals surface area contributed by atoms with Crippen molar-refractivity contribution in [3.05, 3.63) is 23.8 Å². The number of methoxy groups -OCH3 is 1. The second-order valence-corrected chi connectivity index (χ2v) is 5.09. The first kappa shape index (κ1) is 15.8. The van der Waals surface area contributed by atoms with Crippen LogP contribution in [0.15, 0.2) is 18.2 Å². The molecule has 1 aromatic rings. The molecular formula is C15H27N3O. The van der Waals surface area contributed by atoms with Crippen LogP contribution in [0.2, 0.25) is 0 Å². The second-order valence-electron chi connectivity index (χ2n) is 5.09. The summed E-state index contributed by atoms with van der Waals surface area (Å²) < 4.78 is 5.26. The van der Waals surface area contributed by atoms with Crippen molar-refractivity contribution < 1.29 is 4.74 Å². The maximum absolute atomic E-state index is 6.03. The summed E-state index contributed by atoms with van der Waals surface area (Å²) in [6.45, 7) is 6.30. The molecule has 4 nitrogen and oxygen atoms in total. The molecule has 0 unspecified atom stereocenters. The van der Waals surface area contributed by atoms with Crippen LogP contribution in [0.3, 0.4) is 0 Å². The van der Waals surface area contributed by atoms with Crippen LogP contribution in [0.25, 0.3) is 0 Å². The Bertz CT molecular complexity index is 380. The number of rotatable bonds is 8. The van der Waals surface area contributed by atoms with Crippen LogP contribution in [0, 0.1) is 0 Å². The lowest BCUT2D eigenvalue weighted by Crippen LogP contribution is -2.27. The summed E-state index contributed by atoms with van der Waals surface area (Å²) in [5.74, 6) is 0.869. The van der Waals surface area contributed by atoms with E-state index in [9.17, 15) is 0 Å². The maximum atomic E-state index is 6.03. The molecule has 0 bridgehead atoms. The minimum atomic E-state index is 0.840. The van der Waals surface area contributed by atoms with Gasteiger partial charge >= 0.3 is 0 Å². The zero-order valence-corrected chi connectivity index (χ0v) is 12.6. The number of anilines is 1. The Morgan fingerprint density at radius 3 is 2.53 bits per heavy atom. The van der Waals surface area contributed by atoms with Gasteiger partial charge in [0, 0.05) is 12.2 Å². The monoisotopic (exact) mass is 265 g/mol. The van der Waals surface area contributed by atoms with Crippen molar-refractivity contribution in [3.63, 3.8) is 0 Å². The Labute approximate surface area is 117 Å². The van der Waals surface area contributed by atoms with E-state index >= 15 is 0 Å². The highest BCUT2D eigenvalue weighted by molar-refractivity contribution is 5.50. The molecule has 2 N–H and O–H groups in total. The fourth-order valence-electron chi connectivity index (χ4n) is 2.05. The van der Waals surface area contributed by atoms with Gasteiger partial charge in [-0.05, 0) is 63.9 Å². The Hall–Kier alpha value is -1.26. The van der Waals surface area contributed by atoms with E-state index in [1.165, 1.54) is 6.42 Å². The van der Waals surface area contributed by atoms with Crippen molar-refractivity contribution in [2.75, 3.05) is 46.6 Å². The van der Waals surface area contributed by atoms with Crippen molar-refractivity contribution in [1.82, 2.24) is 9.80 Å². The Kier molecular flexibility index (Phi) is 6.67. The van der Waals surface area contributed by atoms with Gasteiger partial charge in [0.25, 0.3) is 0 Å². The minimum Gasteiger partial charge on any atom is -0.497 e. The molecule has 0 aliphatic carbocycles. The summed E-state index contributed by atoms with van der Waals surface area (Å²) in [4.78, 5) is 4.63. The molecular weight excluding hydrogens is 238 g/mol. The van der Waals surface area contributed by atoms with Crippen LogP contribution >= 0.6 is 0 Å². The highest BCUT2D eigenvalue weighted by Gasteiger charge is 2.08. The SMILES string of the molecule is CCN(CCCN(C)C)Cc1cc(OC)ccc1N. The molecule has 1 aromatic carbocycles. The van der Waals surface area contributed by atoms with Crippen molar-refractivity contribution in [2.45, 2.75) is 19.9 Å². The average Bonchev–Trinajstić information content (AvgIpc) is 2.39. The summed E-state index contributed by atoms with van der Waals surface area (Å²) in [5.41, 5.74) is 8.02. The van der Waals surface area contributed by atoms with E-state index in [1.54, 1.807) is 7.11 Å². The fraction of sp³-hybridized carbons (Fsp3) is 0.600. The van der Waals surface area contributed by atoms with E-state index < -0.39 is 0 Å². The zero-order chi connectivity index (χ0) is 14.3. The lowest BCUT2D eigenvalue weighted by molar-refractivity contribution is 0.259. The number of benzene rings is 1. The molecule has 0 spiro atoms. The lowest BCUT2D eigenvalue weighted by Gasteiger charge is -2.22. The van der Waals surface area contributed by atoms with Crippen LogP contribution in [0.4, 0.5) is 5.69 Å². The molecule has 0 aliphatic rings. The standard InChI is InChI=1S/C15H27N3O/c1-5-18(10-6-9-17(2)3)12-13-11-14(19-4)7-8-15(13)16/h7-8,11H,5-6,9-10,12,16H2,1-4H3. The molecule has 0 fully saturated rings. The quantitative estimate of drug-likeness (QED) is 0.731. The van der Waals surface area contributed by atoms with Gasteiger partial charge in [-0.2, -0.15) is 0 Å².